The van der Waals surface area contributed by atoms with Crippen LogP contribution in [0.2, 0.25) is 5.82 Å². The Kier molecular flexibility index (Phi) is 6.61. The van der Waals surface area contributed by atoms with Crippen LogP contribution in [-0.2, 0) is 16.0 Å². The van der Waals surface area contributed by atoms with E-state index in [-0.39, 0.29) is 16.5 Å². The highest BCUT2D eigenvalue weighted by Crippen LogP contribution is 2.36. The van der Waals surface area contributed by atoms with Gasteiger partial charge in [-0.05, 0) is 18.7 Å². The summed E-state index contributed by atoms with van der Waals surface area (Å²) in [6.45, 7) is 6.35. The predicted molar refractivity (Wildman–Crippen MR) is 69.5 cm³/mol. The van der Waals surface area contributed by atoms with Gasteiger partial charge in [-0.15, -0.1) is 0 Å². The summed E-state index contributed by atoms with van der Waals surface area (Å²) in [6.07, 6.45) is 5.60. The van der Waals surface area contributed by atoms with Gasteiger partial charge >= 0.3 is 0 Å². The summed E-state index contributed by atoms with van der Waals surface area (Å²) < 4.78 is 11.7. The summed E-state index contributed by atoms with van der Waals surface area (Å²) in [6, 6.07) is 0. The van der Waals surface area contributed by atoms with Gasteiger partial charge in [-0.25, -0.2) is 0 Å². The van der Waals surface area contributed by atoms with Crippen molar-refractivity contribution in [2.24, 2.45) is 5.41 Å². The van der Waals surface area contributed by atoms with Crippen LogP contribution in [0.1, 0.15) is 40.0 Å². The van der Waals surface area contributed by atoms with Crippen LogP contribution in [0.25, 0.3) is 0 Å². The number of carbonyl (C=O) groups is 1. The van der Waals surface area contributed by atoms with Gasteiger partial charge in [0.1, 0.15) is 19.4 Å². The van der Waals surface area contributed by atoms with Gasteiger partial charge in [-0.2, -0.15) is 0 Å². The second-order valence-electron chi connectivity index (χ2n) is 5.08. The number of carbonyl (C=O) groups excluding carboxylic acids is 1. The van der Waals surface area contributed by atoms with Crippen LogP contribution in [0, 0.1) is 5.41 Å². The normalized spacial score (nSPS) is 18.2. The van der Waals surface area contributed by atoms with Crippen molar-refractivity contribution >= 4 is 25.3 Å². The van der Waals surface area contributed by atoms with E-state index in [0.717, 1.165) is 25.5 Å². The molecule has 0 saturated carbocycles. The first-order valence-electron chi connectivity index (χ1n) is 5.62. The third-order valence-electron chi connectivity index (χ3n) is 2.90. The van der Waals surface area contributed by atoms with E-state index in [1.165, 1.54) is 0 Å². The van der Waals surface area contributed by atoms with Crippen LogP contribution < -0.4 is 0 Å². The first-order valence-corrected chi connectivity index (χ1v) is 7.24. The van der Waals surface area contributed by atoms with E-state index in [0.29, 0.717) is 0 Å². The second-order valence-corrected chi connectivity index (χ2v) is 6.65. The minimum atomic E-state index is -0.807. The Labute approximate surface area is 97.8 Å². The molecule has 0 aliphatic heterocycles. The van der Waals surface area contributed by atoms with E-state index in [1.807, 2.05) is 7.85 Å². The van der Waals surface area contributed by atoms with Gasteiger partial charge in [0.25, 0.3) is 0 Å². The second kappa shape index (κ2) is 6.59. The molecule has 0 heterocycles. The molecule has 0 aromatic heterocycles. The maximum Gasteiger partial charge on any atom is 0.120 e. The molecule has 0 spiro atoms. The molecule has 0 amide bonds. The van der Waals surface area contributed by atoms with E-state index in [4.69, 9.17) is 0 Å². The first-order chi connectivity index (χ1) is 6.85. The van der Waals surface area contributed by atoms with Crippen molar-refractivity contribution in [1.82, 2.24) is 0 Å². The number of hydrogen-bond donors (Lipinski definition) is 0. The summed E-state index contributed by atoms with van der Waals surface area (Å²) in [5.74, 6) is 0.0582. The third kappa shape index (κ3) is 5.07. The third-order valence-corrected chi connectivity index (χ3v) is 4.58. The van der Waals surface area contributed by atoms with Gasteiger partial charge in [-0.3, -0.25) is 0 Å². The Morgan fingerprint density at radius 1 is 1.53 bits per heavy atom. The van der Waals surface area contributed by atoms with E-state index in [1.54, 1.807) is 6.26 Å². The highest BCUT2D eigenvalue weighted by molar-refractivity contribution is 7.91. The quantitative estimate of drug-likeness (QED) is 0.378. The molecule has 0 aromatic carbocycles. The van der Waals surface area contributed by atoms with Crippen LogP contribution in [0.15, 0.2) is 0 Å². The molecular weight excluding hydrogens is 207 g/mol. The van der Waals surface area contributed by atoms with Crippen molar-refractivity contribution in [1.29, 1.82) is 0 Å². The molecule has 0 bridgehead atoms. The van der Waals surface area contributed by atoms with Gasteiger partial charge in [0.15, 0.2) is 0 Å². The van der Waals surface area contributed by atoms with E-state index in [9.17, 15) is 9.35 Å². The maximum absolute atomic E-state index is 11.7. The molecule has 0 aromatic rings. The summed E-state index contributed by atoms with van der Waals surface area (Å²) in [7, 11) is 1.93. The zero-order valence-electron chi connectivity index (χ0n) is 10.6. The minimum absolute atomic E-state index is 0.0179. The molecule has 3 unspecified atom stereocenters. The van der Waals surface area contributed by atoms with Crippen LogP contribution in [0.4, 0.5) is 0 Å². The molecule has 88 valence electrons. The van der Waals surface area contributed by atoms with Gasteiger partial charge in [0.05, 0.1) is 6.26 Å². The molecule has 3 atom stereocenters. The minimum Gasteiger partial charge on any atom is -0.616 e. The van der Waals surface area contributed by atoms with Crippen LogP contribution >= 0.6 is 0 Å². The highest BCUT2D eigenvalue weighted by atomic mass is 32.2. The van der Waals surface area contributed by atoms with Crippen LogP contribution in [0.3, 0.4) is 0 Å². The van der Waals surface area contributed by atoms with Gasteiger partial charge in [0.2, 0.25) is 0 Å². The van der Waals surface area contributed by atoms with E-state index in [2.05, 4.69) is 20.8 Å². The van der Waals surface area contributed by atoms with Crippen LogP contribution in [0.5, 0.6) is 0 Å². The fourth-order valence-electron chi connectivity index (χ4n) is 2.28. The van der Waals surface area contributed by atoms with Gasteiger partial charge < -0.3 is 9.35 Å². The predicted octanol–water partition coefficient (Wildman–Crippen LogP) is 1.57. The largest absolute Gasteiger partial charge is 0.616 e. The molecule has 0 N–H and O–H groups in total. The van der Waals surface area contributed by atoms with Gasteiger partial charge in [0, 0.05) is 5.41 Å². The molecule has 0 fully saturated rings. The van der Waals surface area contributed by atoms with Crippen molar-refractivity contribution in [3.8, 4) is 0 Å². The molecule has 4 heteroatoms. The van der Waals surface area contributed by atoms with Gasteiger partial charge in [-0.1, -0.05) is 38.4 Å². The summed E-state index contributed by atoms with van der Waals surface area (Å²) >= 11 is -0.807. The molecule has 2 nitrogen and oxygen atoms in total. The lowest BCUT2D eigenvalue weighted by atomic mass is 9.72. The molecule has 0 rings (SSSR count). The standard InChI is InChI=1S/C11H23BO2S/c1-5-6-10(15(4)14)11(2,3)7-9(12)8-13/h8-10H,5-7,12H2,1-4H3. The average Bonchev–Trinajstić information content (AvgIpc) is 2.12. The lowest BCUT2D eigenvalue weighted by molar-refractivity contribution is -0.108. The zero-order chi connectivity index (χ0) is 12.1. The smallest absolute Gasteiger partial charge is 0.120 e. The van der Waals surface area contributed by atoms with Crippen molar-refractivity contribution in [3.63, 3.8) is 0 Å². The molecule has 0 saturated heterocycles. The number of rotatable bonds is 7. The SMILES string of the molecule is BC(C=O)CC(C)(C)C(CCC)[S+](C)[O-]. The Morgan fingerprint density at radius 2 is 2.07 bits per heavy atom. The Morgan fingerprint density at radius 3 is 2.40 bits per heavy atom. The monoisotopic (exact) mass is 230 g/mol. The zero-order valence-corrected chi connectivity index (χ0v) is 11.4. The highest BCUT2D eigenvalue weighted by Gasteiger charge is 2.36. The molecule has 0 radical (unpaired) electrons. The fourth-order valence-corrected chi connectivity index (χ4v) is 3.84. The summed E-state index contributed by atoms with van der Waals surface area (Å²) in [5, 5.41) is 0.199. The Bertz CT molecular complexity index is 195. The lowest BCUT2D eigenvalue weighted by Gasteiger charge is -2.35. The Balaban J connectivity index is 4.54. The van der Waals surface area contributed by atoms with Crippen molar-refractivity contribution < 1.29 is 9.35 Å². The molecule has 15 heavy (non-hydrogen) atoms. The van der Waals surface area contributed by atoms with Crippen molar-refractivity contribution in [2.45, 2.75) is 51.1 Å². The lowest BCUT2D eigenvalue weighted by Crippen LogP contribution is -2.37. The summed E-state index contributed by atoms with van der Waals surface area (Å²) in [5.41, 5.74) is -0.0179. The Hall–Kier alpha value is 0.0449. The van der Waals surface area contributed by atoms with Crippen molar-refractivity contribution in [2.75, 3.05) is 6.26 Å². The molecular formula is C11H23BO2S. The maximum atomic E-state index is 11.7. The molecule has 0 aliphatic carbocycles. The number of aldehydes is 1. The topological polar surface area (TPSA) is 40.1 Å². The number of hydrogen-bond acceptors (Lipinski definition) is 2. The average molecular weight is 230 g/mol. The first kappa shape index (κ1) is 15.0. The van der Waals surface area contributed by atoms with Crippen LogP contribution in [-0.4, -0.2) is 30.2 Å². The summed E-state index contributed by atoms with van der Waals surface area (Å²) in [4.78, 5) is 10.7. The fraction of sp³-hybridized carbons (Fsp3) is 0.909. The van der Waals surface area contributed by atoms with E-state index >= 15 is 0 Å². The van der Waals surface area contributed by atoms with Crippen molar-refractivity contribution in [3.05, 3.63) is 0 Å². The molecule has 0 aliphatic rings. The van der Waals surface area contributed by atoms with E-state index < -0.39 is 11.2 Å².